The molecule has 0 aromatic carbocycles. The SMILES string of the molecule is CCC1(C(=O)O)CCCN1C(=O)NCC1CCCCC1C. The van der Waals surface area contributed by atoms with Crippen LogP contribution in [0, 0.1) is 11.8 Å². The van der Waals surface area contributed by atoms with Gasteiger partial charge in [0.2, 0.25) is 0 Å². The Labute approximate surface area is 127 Å². The van der Waals surface area contributed by atoms with Gasteiger partial charge in [0.25, 0.3) is 0 Å². The third-order valence-electron chi connectivity index (χ3n) is 5.52. The van der Waals surface area contributed by atoms with E-state index in [4.69, 9.17) is 0 Å². The maximum atomic E-state index is 12.4. The van der Waals surface area contributed by atoms with Crippen molar-refractivity contribution in [2.75, 3.05) is 13.1 Å². The summed E-state index contributed by atoms with van der Waals surface area (Å²) in [6.45, 7) is 5.32. The molecule has 2 N–H and O–H groups in total. The highest BCUT2D eigenvalue weighted by Gasteiger charge is 2.48. The van der Waals surface area contributed by atoms with E-state index in [2.05, 4.69) is 12.2 Å². The molecule has 3 unspecified atom stereocenters. The highest BCUT2D eigenvalue weighted by Crippen LogP contribution is 2.33. The molecule has 120 valence electrons. The van der Waals surface area contributed by atoms with E-state index >= 15 is 0 Å². The van der Waals surface area contributed by atoms with Gasteiger partial charge >= 0.3 is 12.0 Å². The first-order chi connectivity index (χ1) is 10.0. The molecule has 1 saturated carbocycles. The largest absolute Gasteiger partial charge is 0.479 e. The molecule has 21 heavy (non-hydrogen) atoms. The lowest BCUT2D eigenvalue weighted by Gasteiger charge is -2.35. The van der Waals surface area contributed by atoms with Crippen LogP contribution in [-0.2, 0) is 4.79 Å². The van der Waals surface area contributed by atoms with Crippen LogP contribution < -0.4 is 5.32 Å². The highest BCUT2D eigenvalue weighted by atomic mass is 16.4. The highest BCUT2D eigenvalue weighted by molar-refractivity contribution is 5.87. The van der Waals surface area contributed by atoms with Gasteiger partial charge in [0, 0.05) is 13.1 Å². The molecular formula is C16H28N2O3. The number of hydrogen-bond donors (Lipinski definition) is 2. The molecule has 1 aliphatic heterocycles. The van der Waals surface area contributed by atoms with E-state index in [1.54, 1.807) is 4.90 Å². The lowest BCUT2D eigenvalue weighted by atomic mass is 9.80. The van der Waals surface area contributed by atoms with Crippen LogP contribution in [0.15, 0.2) is 0 Å². The van der Waals surface area contributed by atoms with Crippen LogP contribution in [0.4, 0.5) is 4.79 Å². The monoisotopic (exact) mass is 296 g/mol. The van der Waals surface area contributed by atoms with Crippen LogP contribution in [-0.4, -0.2) is 40.6 Å². The number of urea groups is 1. The number of hydrogen-bond acceptors (Lipinski definition) is 2. The van der Waals surface area contributed by atoms with Crippen molar-refractivity contribution in [3.8, 4) is 0 Å². The first kappa shape index (κ1) is 16.1. The second-order valence-electron chi connectivity index (χ2n) is 6.65. The predicted octanol–water partition coefficient (Wildman–Crippen LogP) is 2.85. The summed E-state index contributed by atoms with van der Waals surface area (Å²) in [5, 5.41) is 12.5. The van der Waals surface area contributed by atoms with E-state index in [1.165, 1.54) is 25.7 Å². The Morgan fingerprint density at radius 1 is 1.29 bits per heavy atom. The van der Waals surface area contributed by atoms with Crippen molar-refractivity contribution in [3.63, 3.8) is 0 Å². The van der Waals surface area contributed by atoms with Crippen molar-refractivity contribution >= 4 is 12.0 Å². The minimum absolute atomic E-state index is 0.200. The minimum Gasteiger partial charge on any atom is -0.479 e. The number of carboxylic acid groups (broad SMARTS) is 1. The summed E-state index contributed by atoms with van der Waals surface area (Å²) in [4.78, 5) is 25.6. The summed E-state index contributed by atoms with van der Waals surface area (Å²) in [6, 6.07) is -0.200. The van der Waals surface area contributed by atoms with Crippen LogP contribution >= 0.6 is 0 Å². The van der Waals surface area contributed by atoms with Gasteiger partial charge in [-0.25, -0.2) is 9.59 Å². The van der Waals surface area contributed by atoms with E-state index in [0.29, 0.717) is 37.8 Å². The van der Waals surface area contributed by atoms with Gasteiger partial charge in [-0.3, -0.25) is 0 Å². The summed E-state index contributed by atoms with van der Waals surface area (Å²) in [7, 11) is 0. The predicted molar refractivity (Wildman–Crippen MR) is 81.1 cm³/mol. The van der Waals surface area contributed by atoms with E-state index in [1.807, 2.05) is 6.92 Å². The van der Waals surface area contributed by atoms with Gasteiger partial charge in [-0.1, -0.05) is 33.1 Å². The topological polar surface area (TPSA) is 69.6 Å². The van der Waals surface area contributed by atoms with Crippen molar-refractivity contribution in [2.24, 2.45) is 11.8 Å². The smallest absolute Gasteiger partial charge is 0.329 e. The normalized spacial score (nSPS) is 33.0. The molecule has 0 aromatic heterocycles. The van der Waals surface area contributed by atoms with Crippen molar-refractivity contribution in [2.45, 2.75) is 64.3 Å². The van der Waals surface area contributed by atoms with Crippen LogP contribution in [0.25, 0.3) is 0 Å². The zero-order valence-corrected chi connectivity index (χ0v) is 13.2. The molecular weight excluding hydrogens is 268 g/mol. The second-order valence-corrected chi connectivity index (χ2v) is 6.65. The van der Waals surface area contributed by atoms with Crippen molar-refractivity contribution in [1.82, 2.24) is 10.2 Å². The fourth-order valence-corrected chi connectivity index (χ4v) is 3.93. The number of carbonyl (C=O) groups is 2. The van der Waals surface area contributed by atoms with Gasteiger partial charge < -0.3 is 15.3 Å². The molecule has 1 heterocycles. The number of aliphatic carboxylic acids is 1. The van der Waals surface area contributed by atoms with E-state index in [9.17, 15) is 14.7 Å². The van der Waals surface area contributed by atoms with Crippen molar-refractivity contribution < 1.29 is 14.7 Å². The second kappa shape index (κ2) is 6.67. The van der Waals surface area contributed by atoms with Crippen LogP contribution in [0.2, 0.25) is 0 Å². The summed E-state index contributed by atoms with van der Waals surface area (Å²) in [5.74, 6) is 0.308. The molecule has 2 amide bonds. The van der Waals surface area contributed by atoms with Gasteiger partial charge in [0.15, 0.2) is 0 Å². The lowest BCUT2D eigenvalue weighted by molar-refractivity contribution is -0.148. The van der Waals surface area contributed by atoms with Gasteiger partial charge in [-0.15, -0.1) is 0 Å². The number of likely N-dealkylation sites (tertiary alicyclic amines) is 1. The van der Waals surface area contributed by atoms with Crippen LogP contribution in [0.1, 0.15) is 58.8 Å². The number of carboxylic acids is 1. The molecule has 0 radical (unpaired) electrons. The average molecular weight is 296 g/mol. The lowest BCUT2D eigenvalue weighted by Crippen LogP contribution is -2.56. The van der Waals surface area contributed by atoms with Crippen molar-refractivity contribution in [3.05, 3.63) is 0 Å². The number of nitrogens with one attached hydrogen (secondary N) is 1. The Balaban J connectivity index is 1.94. The molecule has 1 saturated heterocycles. The molecule has 0 bridgehead atoms. The number of amides is 2. The van der Waals surface area contributed by atoms with E-state index < -0.39 is 11.5 Å². The number of rotatable bonds is 4. The van der Waals surface area contributed by atoms with Crippen LogP contribution in [0.5, 0.6) is 0 Å². The Morgan fingerprint density at radius 2 is 2.00 bits per heavy atom. The molecule has 3 atom stereocenters. The third kappa shape index (κ3) is 3.16. The zero-order valence-electron chi connectivity index (χ0n) is 13.2. The standard InChI is InChI=1S/C16H28N2O3/c1-3-16(14(19)20)9-6-10-18(16)15(21)17-11-13-8-5-4-7-12(13)2/h12-13H,3-11H2,1-2H3,(H,17,21)(H,19,20). The van der Waals surface area contributed by atoms with Crippen LogP contribution in [0.3, 0.4) is 0 Å². The fourth-order valence-electron chi connectivity index (χ4n) is 3.93. The Morgan fingerprint density at radius 3 is 2.62 bits per heavy atom. The van der Waals surface area contributed by atoms with Gasteiger partial charge in [0.1, 0.15) is 5.54 Å². The average Bonchev–Trinajstić information content (AvgIpc) is 2.91. The maximum Gasteiger partial charge on any atom is 0.329 e. The molecule has 2 rings (SSSR count). The Kier molecular flexibility index (Phi) is 5.12. The third-order valence-corrected chi connectivity index (χ3v) is 5.52. The fraction of sp³-hybridized carbons (Fsp3) is 0.875. The quantitative estimate of drug-likeness (QED) is 0.838. The molecule has 5 heteroatoms. The Hall–Kier alpha value is -1.26. The number of carbonyl (C=O) groups excluding carboxylic acids is 1. The summed E-state index contributed by atoms with van der Waals surface area (Å²) >= 11 is 0. The maximum absolute atomic E-state index is 12.4. The summed E-state index contributed by atoms with van der Waals surface area (Å²) < 4.78 is 0. The summed E-state index contributed by atoms with van der Waals surface area (Å²) in [5.41, 5.74) is -0.998. The first-order valence-corrected chi connectivity index (χ1v) is 8.30. The van der Waals surface area contributed by atoms with Gasteiger partial charge in [-0.05, 0) is 37.5 Å². The summed E-state index contributed by atoms with van der Waals surface area (Å²) in [6.07, 6.45) is 6.73. The first-order valence-electron chi connectivity index (χ1n) is 8.30. The van der Waals surface area contributed by atoms with Gasteiger partial charge in [0.05, 0.1) is 0 Å². The molecule has 5 nitrogen and oxygen atoms in total. The molecule has 0 aromatic rings. The van der Waals surface area contributed by atoms with E-state index in [-0.39, 0.29) is 6.03 Å². The van der Waals surface area contributed by atoms with Gasteiger partial charge in [-0.2, -0.15) is 0 Å². The molecule has 0 spiro atoms. The number of nitrogens with zero attached hydrogens (tertiary/aromatic N) is 1. The molecule has 2 aliphatic rings. The zero-order chi connectivity index (χ0) is 15.5. The van der Waals surface area contributed by atoms with E-state index in [0.717, 1.165) is 6.42 Å². The molecule has 2 fully saturated rings. The molecule has 1 aliphatic carbocycles. The Bertz CT molecular complexity index is 399. The minimum atomic E-state index is -0.998. The van der Waals surface area contributed by atoms with Crippen molar-refractivity contribution in [1.29, 1.82) is 0 Å².